The number of nitrogens with zero attached hydrogens (tertiary/aromatic N) is 2. The van der Waals surface area contributed by atoms with Crippen LogP contribution in [0, 0.1) is 0 Å². The fourth-order valence-corrected chi connectivity index (χ4v) is 2.87. The molecule has 0 radical (unpaired) electrons. The number of para-hydroxylation sites is 1. The van der Waals surface area contributed by atoms with Crippen LogP contribution in [0.1, 0.15) is 29.8 Å². The molecule has 1 aromatic heterocycles. The Balaban J connectivity index is 2.01. The molecule has 1 fully saturated rings. The molecule has 0 saturated carbocycles. The highest BCUT2D eigenvalue weighted by atomic mass is 16.2. The predicted octanol–water partition coefficient (Wildman–Crippen LogP) is 0.876. The van der Waals surface area contributed by atoms with E-state index in [-0.39, 0.29) is 23.1 Å². The summed E-state index contributed by atoms with van der Waals surface area (Å²) in [5.74, 6) is -0.322. The van der Waals surface area contributed by atoms with Crippen molar-refractivity contribution in [1.29, 1.82) is 0 Å². The number of hydrogen-bond donors (Lipinski definition) is 2. The molecule has 1 aliphatic heterocycles. The number of aromatic amines is 1. The van der Waals surface area contributed by atoms with Crippen LogP contribution in [0.25, 0.3) is 10.9 Å². The number of benzene rings is 1. The van der Waals surface area contributed by atoms with Crippen molar-refractivity contribution in [3.8, 4) is 0 Å². The Bertz CT molecular complexity index is 725. The zero-order valence-corrected chi connectivity index (χ0v) is 11.7. The van der Waals surface area contributed by atoms with E-state index in [0.29, 0.717) is 24.0 Å². The normalized spacial score (nSPS) is 18.9. The zero-order chi connectivity index (χ0) is 14.8. The summed E-state index contributed by atoms with van der Waals surface area (Å²) in [5, 5.41) is 7.25. The van der Waals surface area contributed by atoms with E-state index in [1.165, 1.54) is 0 Å². The molecular weight excluding hydrogens is 268 g/mol. The quantitative estimate of drug-likeness (QED) is 0.857. The molecule has 0 aliphatic carbocycles. The van der Waals surface area contributed by atoms with E-state index in [1.807, 2.05) is 6.07 Å². The van der Waals surface area contributed by atoms with Gasteiger partial charge in [-0.25, -0.2) is 0 Å². The first-order valence-corrected chi connectivity index (χ1v) is 7.21. The van der Waals surface area contributed by atoms with E-state index in [2.05, 4.69) is 10.2 Å². The predicted molar refractivity (Wildman–Crippen MR) is 80.1 cm³/mol. The Labute approximate surface area is 121 Å². The van der Waals surface area contributed by atoms with Gasteiger partial charge in [0.2, 0.25) is 5.43 Å². The molecule has 1 atom stereocenters. The smallest absolute Gasteiger partial charge is 0.278 e. The van der Waals surface area contributed by atoms with Crippen molar-refractivity contribution in [3.05, 3.63) is 40.2 Å². The summed E-state index contributed by atoms with van der Waals surface area (Å²) in [7, 11) is 0. The number of carbonyl (C=O) groups is 1. The fourth-order valence-electron chi connectivity index (χ4n) is 2.87. The molecule has 6 heteroatoms. The van der Waals surface area contributed by atoms with Crippen molar-refractivity contribution < 1.29 is 4.79 Å². The molecule has 21 heavy (non-hydrogen) atoms. The van der Waals surface area contributed by atoms with Gasteiger partial charge < -0.3 is 10.6 Å². The molecule has 1 aliphatic rings. The molecule has 0 spiro atoms. The van der Waals surface area contributed by atoms with Gasteiger partial charge in [-0.3, -0.25) is 14.7 Å². The largest absolute Gasteiger partial charge is 0.333 e. The first-order valence-electron chi connectivity index (χ1n) is 7.21. The summed E-state index contributed by atoms with van der Waals surface area (Å²) < 4.78 is 0. The van der Waals surface area contributed by atoms with Crippen LogP contribution in [0.5, 0.6) is 0 Å². The SMILES string of the molecule is NC[C@@H]1CCCCN1C(=O)c1n[nH]c2ccccc2c1=O. The second kappa shape index (κ2) is 5.65. The van der Waals surface area contributed by atoms with E-state index >= 15 is 0 Å². The number of amides is 1. The molecule has 3 rings (SSSR count). The standard InChI is InChI=1S/C15H18N4O2/c16-9-10-5-3-4-8-19(10)15(21)13-14(20)11-6-1-2-7-12(11)17-18-13/h1-2,6-7,10H,3-5,8-9,16H2,(H,17,20)/t10-/m0/s1. The maximum atomic E-state index is 12.6. The van der Waals surface area contributed by atoms with Gasteiger partial charge >= 0.3 is 0 Å². The number of H-pyrrole nitrogens is 1. The molecule has 1 aromatic carbocycles. The third kappa shape index (κ3) is 2.42. The first kappa shape index (κ1) is 13.8. The van der Waals surface area contributed by atoms with Gasteiger partial charge in [0.15, 0.2) is 5.69 Å². The number of hydrogen-bond acceptors (Lipinski definition) is 4. The highest BCUT2D eigenvalue weighted by molar-refractivity contribution is 5.95. The molecule has 6 nitrogen and oxygen atoms in total. The van der Waals surface area contributed by atoms with Gasteiger partial charge in [0.05, 0.1) is 5.52 Å². The van der Waals surface area contributed by atoms with Gasteiger partial charge in [0.25, 0.3) is 5.91 Å². The number of fused-ring (bicyclic) bond motifs is 1. The molecule has 1 saturated heterocycles. The summed E-state index contributed by atoms with van der Waals surface area (Å²) in [6.07, 6.45) is 2.88. The molecule has 2 aromatic rings. The van der Waals surface area contributed by atoms with Crippen molar-refractivity contribution in [1.82, 2.24) is 15.1 Å². The monoisotopic (exact) mass is 286 g/mol. The van der Waals surface area contributed by atoms with Crippen LogP contribution in [-0.2, 0) is 0 Å². The van der Waals surface area contributed by atoms with E-state index in [0.717, 1.165) is 19.3 Å². The first-order chi connectivity index (χ1) is 10.2. The van der Waals surface area contributed by atoms with Gasteiger partial charge in [0, 0.05) is 24.5 Å². The van der Waals surface area contributed by atoms with Gasteiger partial charge in [-0.05, 0) is 31.4 Å². The fraction of sp³-hybridized carbons (Fsp3) is 0.400. The van der Waals surface area contributed by atoms with Crippen LogP contribution < -0.4 is 11.2 Å². The summed E-state index contributed by atoms with van der Waals surface area (Å²) in [6, 6.07) is 7.05. The van der Waals surface area contributed by atoms with Crippen LogP contribution in [0.4, 0.5) is 0 Å². The number of rotatable bonds is 2. The molecule has 3 N–H and O–H groups in total. The van der Waals surface area contributed by atoms with Crippen LogP contribution in [-0.4, -0.2) is 40.1 Å². The number of likely N-dealkylation sites (tertiary alicyclic amines) is 1. The minimum absolute atomic E-state index is 0.001000. The maximum absolute atomic E-state index is 12.6. The van der Waals surface area contributed by atoms with Crippen molar-refractivity contribution in [2.24, 2.45) is 5.73 Å². The second-order valence-corrected chi connectivity index (χ2v) is 5.33. The highest BCUT2D eigenvalue weighted by Gasteiger charge is 2.29. The van der Waals surface area contributed by atoms with Crippen molar-refractivity contribution in [2.45, 2.75) is 25.3 Å². The maximum Gasteiger partial charge on any atom is 0.278 e. The molecule has 2 heterocycles. The number of piperidine rings is 1. The third-order valence-electron chi connectivity index (χ3n) is 4.04. The summed E-state index contributed by atoms with van der Waals surface area (Å²) in [6.45, 7) is 1.05. The van der Waals surface area contributed by atoms with E-state index < -0.39 is 0 Å². The van der Waals surface area contributed by atoms with Crippen molar-refractivity contribution >= 4 is 16.8 Å². The average Bonchev–Trinajstić information content (AvgIpc) is 2.55. The van der Waals surface area contributed by atoms with E-state index in [4.69, 9.17) is 5.73 Å². The van der Waals surface area contributed by atoms with Crippen LogP contribution in [0.2, 0.25) is 0 Å². The Morgan fingerprint density at radius 1 is 1.38 bits per heavy atom. The lowest BCUT2D eigenvalue weighted by Gasteiger charge is -2.34. The minimum atomic E-state index is -0.323. The second-order valence-electron chi connectivity index (χ2n) is 5.33. The summed E-state index contributed by atoms with van der Waals surface area (Å²) in [5.41, 5.74) is 6.00. The lowest BCUT2D eigenvalue weighted by atomic mass is 10.0. The number of aromatic nitrogens is 2. The van der Waals surface area contributed by atoms with E-state index in [9.17, 15) is 9.59 Å². The lowest BCUT2D eigenvalue weighted by Crippen LogP contribution is -2.48. The Kier molecular flexibility index (Phi) is 3.70. The Hall–Kier alpha value is -2.21. The number of nitrogens with two attached hydrogens (primary N) is 1. The van der Waals surface area contributed by atoms with Gasteiger partial charge in [0.1, 0.15) is 0 Å². The molecule has 110 valence electrons. The zero-order valence-electron chi connectivity index (χ0n) is 11.7. The van der Waals surface area contributed by atoms with Gasteiger partial charge in [-0.1, -0.05) is 12.1 Å². The van der Waals surface area contributed by atoms with E-state index in [1.54, 1.807) is 23.1 Å². The minimum Gasteiger partial charge on any atom is -0.333 e. The Morgan fingerprint density at radius 2 is 2.19 bits per heavy atom. The van der Waals surface area contributed by atoms with Crippen LogP contribution >= 0.6 is 0 Å². The summed E-state index contributed by atoms with van der Waals surface area (Å²) >= 11 is 0. The molecule has 0 bridgehead atoms. The number of nitrogens with one attached hydrogen (secondary N) is 1. The molecule has 0 unspecified atom stereocenters. The summed E-state index contributed by atoms with van der Waals surface area (Å²) in [4.78, 5) is 26.8. The van der Waals surface area contributed by atoms with Crippen LogP contribution in [0.15, 0.2) is 29.1 Å². The third-order valence-corrected chi connectivity index (χ3v) is 4.04. The average molecular weight is 286 g/mol. The highest BCUT2D eigenvalue weighted by Crippen LogP contribution is 2.18. The molecular formula is C15H18N4O2. The van der Waals surface area contributed by atoms with Crippen molar-refractivity contribution in [3.63, 3.8) is 0 Å². The molecule has 1 amide bonds. The van der Waals surface area contributed by atoms with Crippen molar-refractivity contribution in [2.75, 3.05) is 13.1 Å². The number of carbonyl (C=O) groups excluding carboxylic acids is 1. The Morgan fingerprint density at radius 3 is 3.00 bits per heavy atom. The van der Waals surface area contributed by atoms with Gasteiger partial charge in [-0.2, -0.15) is 5.10 Å². The lowest BCUT2D eigenvalue weighted by molar-refractivity contribution is 0.0615. The van der Waals surface area contributed by atoms with Gasteiger partial charge in [-0.15, -0.1) is 0 Å². The topological polar surface area (TPSA) is 92.1 Å². The van der Waals surface area contributed by atoms with Crippen LogP contribution in [0.3, 0.4) is 0 Å².